The number of imide groups is 1. The molecule has 2 fully saturated rings. The Morgan fingerprint density at radius 2 is 1.87 bits per heavy atom. The summed E-state index contributed by atoms with van der Waals surface area (Å²) in [6.07, 6.45) is 3.13. The maximum absolute atomic E-state index is 12.6. The van der Waals surface area contributed by atoms with E-state index in [4.69, 9.17) is 0 Å². The summed E-state index contributed by atoms with van der Waals surface area (Å²) in [5.74, 6) is -0.663. The minimum Gasteiger partial charge on any atom is -0.324 e. The second-order valence-corrected chi connectivity index (χ2v) is 6.98. The first-order valence-electron chi connectivity index (χ1n) is 7.65. The highest BCUT2D eigenvalue weighted by molar-refractivity contribution is 9.10. The van der Waals surface area contributed by atoms with Gasteiger partial charge in [-0.1, -0.05) is 28.8 Å². The Morgan fingerprint density at radius 1 is 1.26 bits per heavy atom. The van der Waals surface area contributed by atoms with Crippen LogP contribution in [0.25, 0.3) is 0 Å². The zero-order valence-electron chi connectivity index (χ0n) is 12.8. The molecule has 0 aromatic heterocycles. The Hall–Kier alpha value is -1.89. The maximum atomic E-state index is 12.6. The van der Waals surface area contributed by atoms with Gasteiger partial charge in [0, 0.05) is 10.2 Å². The van der Waals surface area contributed by atoms with Crippen LogP contribution < -0.4 is 10.6 Å². The first kappa shape index (κ1) is 16.0. The quantitative estimate of drug-likeness (QED) is 0.792. The summed E-state index contributed by atoms with van der Waals surface area (Å²) >= 11 is 3.33. The number of carbonyl (C=O) groups is 3. The summed E-state index contributed by atoms with van der Waals surface area (Å²) < 4.78 is 0.904. The third kappa shape index (κ3) is 2.85. The third-order valence-corrected chi connectivity index (χ3v) is 5.06. The lowest BCUT2D eigenvalue weighted by atomic mass is 9.97. The molecular weight excluding hydrogens is 362 g/mol. The number of hydrogen-bond acceptors (Lipinski definition) is 3. The molecule has 1 saturated heterocycles. The second kappa shape index (κ2) is 5.96. The van der Waals surface area contributed by atoms with Crippen LogP contribution in [0.2, 0.25) is 0 Å². The molecule has 2 N–H and O–H groups in total. The van der Waals surface area contributed by atoms with E-state index in [0.717, 1.165) is 22.2 Å². The van der Waals surface area contributed by atoms with E-state index >= 15 is 0 Å². The van der Waals surface area contributed by atoms with Gasteiger partial charge in [0.25, 0.3) is 5.91 Å². The summed E-state index contributed by atoms with van der Waals surface area (Å²) in [5.41, 5.74) is -0.170. The summed E-state index contributed by atoms with van der Waals surface area (Å²) in [4.78, 5) is 38.3. The highest BCUT2D eigenvalue weighted by atomic mass is 79.9. The topological polar surface area (TPSA) is 78.5 Å². The molecule has 1 saturated carbocycles. The Balaban J connectivity index is 1.73. The Kier molecular flexibility index (Phi) is 4.14. The molecule has 1 spiro atoms. The van der Waals surface area contributed by atoms with E-state index in [2.05, 4.69) is 26.6 Å². The van der Waals surface area contributed by atoms with Gasteiger partial charge in [-0.2, -0.15) is 0 Å². The molecular formula is C16H18BrN3O3. The van der Waals surface area contributed by atoms with Gasteiger partial charge in [-0.25, -0.2) is 9.69 Å². The van der Waals surface area contributed by atoms with Crippen molar-refractivity contribution < 1.29 is 14.4 Å². The number of carbonyl (C=O) groups excluding carboxylic acids is 3. The number of amides is 4. The van der Waals surface area contributed by atoms with Gasteiger partial charge in [0.15, 0.2) is 0 Å². The van der Waals surface area contributed by atoms with Crippen LogP contribution in [0.1, 0.15) is 32.6 Å². The van der Waals surface area contributed by atoms with Crippen LogP contribution >= 0.6 is 15.9 Å². The van der Waals surface area contributed by atoms with Crippen molar-refractivity contribution in [1.29, 1.82) is 0 Å². The molecule has 1 atom stereocenters. The third-order valence-electron chi connectivity index (χ3n) is 4.53. The summed E-state index contributed by atoms with van der Waals surface area (Å²) in [7, 11) is 0. The fourth-order valence-corrected chi connectivity index (χ4v) is 3.47. The molecule has 1 aromatic rings. The predicted octanol–water partition coefficient (Wildman–Crippen LogP) is 2.64. The Morgan fingerprint density at radius 3 is 2.48 bits per heavy atom. The smallest absolute Gasteiger partial charge is 0.324 e. The molecule has 1 unspecified atom stereocenters. The van der Waals surface area contributed by atoms with Crippen molar-refractivity contribution in [2.45, 2.75) is 44.2 Å². The number of hydrogen-bond donors (Lipinski definition) is 2. The monoisotopic (exact) mass is 379 g/mol. The van der Waals surface area contributed by atoms with Gasteiger partial charge in [-0.3, -0.25) is 9.59 Å². The first-order chi connectivity index (χ1) is 10.9. The SMILES string of the molecule is CC(C(=O)Nc1ccc(Br)cc1)N1C(=O)NC2(CCCC2)C1=O. The van der Waals surface area contributed by atoms with Crippen molar-refractivity contribution in [3.8, 4) is 0 Å². The maximum Gasteiger partial charge on any atom is 0.325 e. The summed E-state index contributed by atoms with van der Waals surface area (Å²) in [5, 5.41) is 5.52. The molecule has 122 valence electrons. The zero-order chi connectivity index (χ0) is 16.6. The van der Waals surface area contributed by atoms with Crippen LogP contribution in [0, 0.1) is 0 Å². The minimum absolute atomic E-state index is 0.279. The molecule has 1 aliphatic carbocycles. The van der Waals surface area contributed by atoms with Gasteiger partial charge < -0.3 is 10.6 Å². The van der Waals surface area contributed by atoms with Crippen LogP contribution in [0.5, 0.6) is 0 Å². The van der Waals surface area contributed by atoms with Crippen molar-refractivity contribution in [1.82, 2.24) is 10.2 Å². The first-order valence-corrected chi connectivity index (χ1v) is 8.44. The number of benzene rings is 1. The average Bonchev–Trinajstić information content (AvgIpc) is 3.07. The number of rotatable bonds is 3. The highest BCUT2D eigenvalue weighted by Crippen LogP contribution is 2.35. The second-order valence-electron chi connectivity index (χ2n) is 6.07. The Bertz CT molecular complexity index is 653. The van der Waals surface area contributed by atoms with Gasteiger partial charge in [0.05, 0.1) is 0 Å². The molecule has 1 aromatic carbocycles. The molecule has 2 aliphatic rings. The molecule has 6 nitrogen and oxygen atoms in total. The van der Waals surface area contributed by atoms with Gasteiger partial charge in [-0.15, -0.1) is 0 Å². The predicted molar refractivity (Wildman–Crippen MR) is 88.8 cm³/mol. The molecule has 3 rings (SSSR count). The largest absolute Gasteiger partial charge is 0.325 e. The Labute approximate surface area is 142 Å². The molecule has 4 amide bonds. The van der Waals surface area contributed by atoms with E-state index in [1.54, 1.807) is 19.1 Å². The standard InChI is InChI=1S/C16H18BrN3O3/c1-10(13(21)18-12-6-4-11(17)5-7-12)20-14(22)16(19-15(20)23)8-2-3-9-16/h4-7,10H,2-3,8-9H2,1H3,(H,18,21)(H,19,23). The summed E-state index contributed by atoms with van der Waals surface area (Å²) in [6, 6.07) is 5.78. The van der Waals surface area contributed by atoms with E-state index in [-0.39, 0.29) is 11.8 Å². The lowest BCUT2D eigenvalue weighted by molar-refractivity contribution is -0.136. The van der Waals surface area contributed by atoms with Crippen molar-refractivity contribution in [2.24, 2.45) is 0 Å². The normalized spacial score (nSPS) is 20.7. The van der Waals surface area contributed by atoms with E-state index in [9.17, 15) is 14.4 Å². The number of nitrogens with one attached hydrogen (secondary N) is 2. The van der Waals surface area contributed by atoms with Crippen LogP contribution in [0.3, 0.4) is 0 Å². The average molecular weight is 380 g/mol. The molecule has 0 radical (unpaired) electrons. The lowest BCUT2D eigenvalue weighted by Gasteiger charge is -2.23. The lowest BCUT2D eigenvalue weighted by Crippen LogP contribution is -2.48. The fraction of sp³-hybridized carbons (Fsp3) is 0.438. The van der Waals surface area contributed by atoms with Crippen LogP contribution in [-0.4, -0.2) is 34.3 Å². The van der Waals surface area contributed by atoms with Crippen LogP contribution in [-0.2, 0) is 9.59 Å². The van der Waals surface area contributed by atoms with Gasteiger partial charge >= 0.3 is 6.03 Å². The van der Waals surface area contributed by atoms with E-state index in [0.29, 0.717) is 18.5 Å². The number of halogens is 1. The molecule has 0 bridgehead atoms. The highest BCUT2D eigenvalue weighted by Gasteiger charge is 2.54. The number of nitrogens with zero attached hydrogens (tertiary/aromatic N) is 1. The van der Waals surface area contributed by atoms with Crippen molar-refractivity contribution in [2.75, 3.05) is 5.32 Å². The van der Waals surface area contributed by atoms with Gasteiger partial charge in [0.2, 0.25) is 5.91 Å². The zero-order valence-corrected chi connectivity index (χ0v) is 14.4. The van der Waals surface area contributed by atoms with E-state index in [1.807, 2.05) is 12.1 Å². The van der Waals surface area contributed by atoms with E-state index < -0.39 is 17.6 Å². The summed E-state index contributed by atoms with van der Waals surface area (Å²) in [6.45, 7) is 1.57. The van der Waals surface area contributed by atoms with Crippen LogP contribution in [0.4, 0.5) is 10.5 Å². The molecule has 23 heavy (non-hydrogen) atoms. The van der Waals surface area contributed by atoms with Crippen LogP contribution in [0.15, 0.2) is 28.7 Å². The van der Waals surface area contributed by atoms with Gasteiger partial charge in [0.1, 0.15) is 11.6 Å². The molecule has 1 aliphatic heterocycles. The number of urea groups is 1. The van der Waals surface area contributed by atoms with Gasteiger partial charge in [-0.05, 0) is 44.0 Å². The molecule has 1 heterocycles. The number of anilines is 1. The van der Waals surface area contributed by atoms with Crippen molar-refractivity contribution in [3.05, 3.63) is 28.7 Å². The fourth-order valence-electron chi connectivity index (χ4n) is 3.21. The van der Waals surface area contributed by atoms with Crippen molar-refractivity contribution in [3.63, 3.8) is 0 Å². The molecule has 7 heteroatoms. The van der Waals surface area contributed by atoms with E-state index in [1.165, 1.54) is 0 Å². The van der Waals surface area contributed by atoms with Crippen molar-refractivity contribution >= 4 is 39.5 Å². The minimum atomic E-state index is -0.855.